The number of non-ortho nitro benzene ring substituents is 1. The van der Waals surface area contributed by atoms with E-state index in [9.17, 15) is 10.1 Å². The van der Waals surface area contributed by atoms with Crippen molar-refractivity contribution in [3.63, 3.8) is 0 Å². The van der Waals surface area contributed by atoms with Crippen LogP contribution in [0.25, 0.3) is 0 Å². The van der Waals surface area contributed by atoms with Crippen molar-refractivity contribution in [2.75, 3.05) is 0 Å². The number of nitro benzene ring substituents is 1. The van der Waals surface area contributed by atoms with Crippen molar-refractivity contribution < 1.29 is 4.92 Å². The van der Waals surface area contributed by atoms with E-state index in [1.165, 1.54) is 0 Å². The number of nitrogens with zero attached hydrogens (tertiary/aromatic N) is 1. The van der Waals surface area contributed by atoms with Gasteiger partial charge in [-0.1, -0.05) is 47.8 Å². The summed E-state index contributed by atoms with van der Waals surface area (Å²) in [6.07, 6.45) is 0. The molecule has 3 nitrogen and oxygen atoms in total. The Morgan fingerprint density at radius 3 is 1.80 bits per heavy atom. The van der Waals surface area contributed by atoms with Gasteiger partial charge in [0.1, 0.15) is 0 Å². The molecule has 0 saturated heterocycles. The Balaban J connectivity index is 3.35. The van der Waals surface area contributed by atoms with Crippen LogP contribution in [0.2, 0.25) is 0 Å². The lowest BCUT2D eigenvalue weighted by molar-refractivity contribution is -0.385. The molecule has 15 heavy (non-hydrogen) atoms. The van der Waals surface area contributed by atoms with Gasteiger partial charge < -0.3 is 0 Å². The fraction of sp³-hybridized carbons (Fsp3) is 0.333. The van der Waals surface area contributed by atoms with Gasteiger partial charge >= 0.3 is 0 Å². The Hall–Kier alpha value is 0.0600. The second kappa shape index (κ2) is 5.96. The minimum Gasteiger partial charge on any atom is -0.258 e. The molecule has 82 valence electrons. The summed E-state index contributed by atoms with van der Waals surface area (Å²) in [5, 5.41) is 12.6. The molecule has 0 bridgehead atoms. The highest BCUT2D eigenvalue weighted by Gasteiger charge is 2.14. The summed E-state index contributed by atoms with van der Waals surface area (Å²) < 4.78 is 0. The summed E-state index contributed by atoms with van der Waals surface area (Å²) in [6, 6.07) is 3.22. The van der Waals surface area contributed by atoms with Crippen molar-refractivity contribution in [2.24, 2.45) is 0 Å². The number of halogens is 3. The number of nitro groups is 1. The number of hydrogen-bond acceptors (Lipinski definition) is 2. The molecule has 1 rings (SSSR count). The average molecular weight is 402 g/mol. The van der Waals surface area contributed by atoms with Crippen LogP contribution in [0.5, 0.6) is 0 Å². The lowest BCUT2D eigenvalue weighted by Crippen LogP contribution is -1.98. The summed E-state index contributed by atoms with van der Waals surface area (Å²) in [4.78, 5) is 10.3. The third-order valence-electron chi connectivity index (χ3n) is 2.05. The lowest BCUT2D eigenvalue weighted by Gasteiger charge is -2.09. The maximum Gasteiger partial charge on any atom is 0.270 e. The van der Waals surface area contributed by atoms with E-state index in [0.29, 0.717) is 16.0 Å². The predicted octanol–water partition coefficient (Wildman–Crippen LogP) is 4.28. The smallest absolute Gasteiger partial charge is 0.258 e. The van der Waals surface area contributed by atoms with Crippen molar-refractivity contribution in [3.05, 3.63) is 38.9 Å². The third-order valence-corrected chi connectivity index (χ3v) is 3.82. The fourth-order valence-corrected chi connectivity index (χ4v) is 3.02. The molecule has 0 aromatic heterocycles. The topological polar surface area (TPSA) is 43.1 Å². The minimum atomic E-state index is -0.365. The van der Waals surface area contributed by atoms with E-state index in [1.54, 1.807) is 12.1 Å². The Morgan fingerprint density at radius 1 is 1.07 bits per heavy atom. The van der Waals surface area contributed by atoms with Crippen molar-refractivity contribution >= 4 is 53.5 Å². The summed E-state index contributed by atoms with van der Waals surface area (Å²) in [5.41, 5.74) is 3.16. The Bertz CT molecular complexity index is 357. The van der Waals surface area contributed by atoms with E-state index >= 15 is 0 Å². The van der Waals surface area contributed by atoms with Crippen LogP contribution in [0.15, 0.2) is 12.1 Å². The highest BCUT2D eigenvalue weighted by atomic mass is 79.9. The molecule has 0 atom stereocenters. The first-order chi connectivity index (χ1) is 7.13. The molecule has 0 radical (unpaired) electrons. The van der Waals surface area contributed by atoms with Crippen LogP contribution in [0.3, 0.4) is 0 Å². The molecule has 6 heteroatoms. The maximum absolute atomic E-state index is 10.7. The van der Waals surface area contributed by atoms with Crippen molar-refractivity contribution in [1.29, 1.82) is 0 Å². The monoisotopic (exact) mass is 399 g/mol. The maximum atomic E-state index is 10.7. The molecule has 0 aliphatic heterocycles. The number of rotatable bonds is 4. The highest BCUT2D eigenvalue weighted by molar-refractivity contribution is 9.09. The first-order valence-corrected chi connectivity index (χ1v) is 7.47. The summed E-state index contributed by atoms with van der Waals surface area (Å²) in [6.45, 7) is 0. The molecule has 0 fully saturated rings. The van der Waals surface area contributed by atoms with Crippen LogP contribution < -0.4 is 0 Å². The second-order valence-electron chi connectivity index (χ2n) is 2.90. The van der Waals surface area contributed by atoms with Gasteiger partial charge in [0, 0.05) is 28.1 Å². The molecule has 0 saturated carbocycles. The van der Waals surface area contributed by atoms with Crippen LogP contribution in [0.4, 0.5) is 5.69 Å². The molecule has 0 aliphatic carbocycles. The van der Waals surface area contributed by atoms with Gasteiger partial charge in [0.25, 0.3) is 5.69 Å². The fourth-order valence-electron chi connectivity index (χ4n) is 1.29. The van der Waals surface area contributed by atoms with Crippen molar-refractivity contribution in [3.8, 4) is 0 Å². The molecular weight excluding hydrogens is 394 g/mol. The summed E-state index contributed by atoms with van der Waals surface area (Å²) in [5.74, 6) is 0. The average Bonchev–Trinajstić information content (AvgIpc) is 2.26. The van der Waals surface area contributed by atoms with E-state index < -0.39 is 0 Å². The molecular formula is C9H8Br3NO2. The van der Waals surface area contributed by atoms with Crippen LogP contribution >= 0.6 is 47.8 Å². The van der Waals surface area contributed by atoms with Gasteiger partial charge in [-0.3, -0.25) is 10.1 Å². The summed E-state index contributed by atoms with van der Waals surface area (Å²) in [7, 11) is 0. The second-order valence-corrected chi connectivity index (χ2v) is 4.58. The van der Waals surface area contributed by atoms with Crippen molar-refractivity contribution in [1.82, 2.24) is 0 Å². The predicted molar refractivity (Wildman–Crippen MR) is 71.0 cm³/mol. The Kier molecular flexibility index (Phi) is 5.22. The van der Waals surface area contributed by atoms with E-state index in [-0.39, 0.29) is 10.6 Å². The summed E-state index contributed by atoms with van der Waals surface area (Å²) >= 11 is 10.1. The first kappa shape index (κ1) is 13.1. The van der Waals surface area contributed by atoms with Crippen LogP contribution in [-0.4, -0.2) is 4.92 Å². The largest absolute Gasteiger partial charge is 0.270 e. The quantitative estimate of drug-likeness (QED) is 0.429. The molecule has 0 aliphatic rings. The molecule has 0 spiro atoms. The zero-order valence-electron chi connectivity index (χ0n) is 7.67. The van der Waals surface area contributed by atoms with Gasteiger partial charge in [-0.2, -0.15) is 0 Å². The van der Waals surface area contributed by atoms with Crippen molar-refractivity contribution in [2.45, 2.75) is 16.0 Å². The number of benzene rings is 1. The molecule has 0 N–H and O–H groups in total. The first-order valence-electron chi connectivity index (χ1n) is 4.11. The highest BCUT2D eigenvalue weighted by Crippen LogP contribution is 2.27. The van der Waals surface area contributed by atoms with Crippen LogP contribution in [0, 0.1) is 10.1 Å². The molecule has 1 aromatic rings. The SMILES string of the molecule is O=[N+]([O-])c1cc(CBr)c(CBr)c(CBr)c1. The minimum absolute atomic E-state index is 0.142. The van der Waals surface area contributed by atoms with Gasteiger partial charge in [-0.25, -0.2) is 0 Å². The zero-order valence-corrected chi connectivity index (χ0v) is 12.4. The van der Waals surface area contributed by atoms with Crippen LogP contribution in [-0.2, 0) is 16.0 Å². The lowest BCUT2D eigenvalue weighted by atomic mass is 10.0. The zero-order chi connectivity index (χ0) is 11.4. The van der Waals surface area contributed by atoms with Gasteiger partial charge in [0.05, 0.1) is 4.92 Å². The molecule has 1 aromatic carbocycles. The van der Waals surface area contributed by atoms with Gasteiger partial charge in [-0.15, -0.1) is 0 Å². The molecule has 0 amide bonds. The van der Waals surface area contributed by atoms with Gasteiger partial charge in [0.15, 0.2) is 0 Å². The van der Waals surface area contributed by atoms with E-state index in [4.69, 9.17) is 0 Å². The Labute approximate surface area is 113 Å². The number of hydrogen-bond donors (Lipinski definition) is 0. The normalized spacial score (nSPS) is 10.3. The standard InChI is InChI=1S/C9H8Br3NO2/c10-3-6-1-8(13(14)15)2-7(4-11)9(6)5-12/h1-2H,3-5H2. The Morgan fingerprint density at radius 2 is 1.53 bits per heavy atom. The van der Waals surface area contributed by atoms with E-state index in [2.05, 4.69) is 47.8 Å². The van der Waals surface area contributed by atoms with Crippen LogP contribution in [0.1, 0.15) is 16.7 Å². The number of alkyl halides is 3. The van der Waals surface area contributed by atoms with Gasteiger partial charge in [0.2, 0.25) is 0 Å². The third kappa shape index (κ3) is 3.01. The molecule has 0 unspecified atom stereocenters. The molecule has 0 heterocycles. The van der Waals surface area contributed by atoms with E-state index in [0.717, 1.165) is 16.7 Å². The van der Waals surface area contributed by atoms with E-state index in [1.807, 2.05) is 0 Å². The van der Waals surface area contributed by atoms with Gasteiger partial charge in [-0.05, 0) is 16.7 Å².